The number of esters is 1. The van der Waals surface area contributed by atoms with Gasteiger partial charge < -0.3 is 18.8 Å². The number of rotatable bonds is 8. The molecule has 9 heteroatoms. The topological polar surface area (TPSA) is 84.1 Å². The van der Waals surface area contributed by atoms with Gasteiger partial charge in [-0.25, -0.2) is 9.79 Å². The Hall–Kier alpha value is -4.37. The van der Waals surface area contributed by atoms with Crippen molar-refractivity contribution < 1.29 is 19.0 Å². The molecule has 45 heavy (non-hydrogen) atoms. The third-order valence-corrected chi connectivity index (χ3v) is 9.84. The fraction of sp³-hybridized carbons (Fsp3) is 0.361. The molecule has 8 nitrogen and oxygen atoms in total. The number of aryl methyl sites for hydroxylation is 1. The van der Waals surface area contributed by atoms with E-state index >= 15 is 0 Å². The predicted octanol–water partition coefficient (Wildman–Crippen LogP) is 5.88. The molecule has 1 atom stereocenters. The molecule has 0 radical (unpaired) electrons. The summed E-state index contributed by atoms with van der Waals surface area (Å²) in [6.45, 7) is 6.22. The van der Waals surface area contributed by atoms with Crippen molar-refractivity contribution in [3.8, 4) is 11.5 Å². The molecular weight excluding hydrogens is 586 g/mol. The second-order valence-corrected chi connectivity index (χ2v) is 12.5. The first-order valence-corrected chi connectivity index (χ1v) is 16.4. The van der Waals surface area contributed by atoms with Crippen LogP contribution in [0.1, 0.15) is 79.2 Å². The molecule has 1 aliphatic carbocycles. The minimum Gasteiger partial charge on any atom is -0.497 e. The van der Waals surface area contributed by atoms with Crippen LogP contribution in [-0.2, 0) is 9.53 Å². The summed E-state index contributed by atoms with van der Waals surface area (Å²) < 4.78 is 21.6. The van der Waals surface area contributed by atoms with Gasteiger partial charge in [-0.3, -0.25) is 9.36 Å². The average Bonchev–Trinajstić information content (AvgIpc) is 3.53. The van der Waals surface area contributed by atoms with Gasteiger partial charge in [0.2, 0.25) is 0 Å². The summed E-state index contributed by atoms with van der Waals surface area (Å²) in [7, 11) is 3.15. The molecular formula is C36H39N3O5S. The summed E-state index contributed by atoms with van der Waals surface area (Å²) in [6.07, 6.45) is 8.12. The molecule has 0 bridgehead atoms. The van der Waals surface area contributed by atoms with Crippen LogP contribution in [0.3, 0.4) is 0 Å². The number of ether oxygens (including phenoxy) is 3. The highest BCUT2D eigenvalue weighted by Crippen LogP contribution is 2.40. The lowest BCUT2D eigenvalue weighted by molar-refractivity contribution is -0.138. The normalized spacial score (nSPS) is 17.2. The molecule has 2 aromatic carbocycles. The van der Waals surface area contributed by atoms with E-state index in [2.05, 4.69) is 24.5 Å². The number of fused-ring (bicyclic) bond motifs is 1. The Balaban J connectivity index is 1.62. The zero-order valence-electron chi connectivity index (χ0n) is 26.5. The Morgan fingerprint density at radius 3 is 2.44 bits per heavy atom. The first-order chi connectivity index (χ1) is 21.9. The first-order valence-electron chi connectivity index (χ1n) is 15.5. The van der Waals surface area contributed by atoms with Gasteiger partial charge in [-0.2, -0.15) is 0 Å². The van der Waals surface area contributed by atoms with E-state index in [0.29, 0.717) is 38.1 Å². The van der Waals surface area contributed by atoms with Crippen molar-refractivity contribution in [2.24, 2.45) is 4.99 Å². The lowest BCUT2D eigenvalue weighted by Crippen LogP contribution is -2.40. The van der Waals surface area contributed by atoms with Gasteiger partial charge in [0.05, 0.1) is 36.6 Å². The standard InChI is InChI=1S/C36H39N3O5S/c1-6-44-35(41)31-32(24-13-9-7-10-14-24)37-36-39(33(31)28-21-27(42-4)17-18-29(28)43-5)34(40)30(45-36)20-25-19-22(2)38(23(25)3)26-15-11-8-12-16-26/h7,9-10,13-14,17-21,26,33H,6,8,11-12,15-16H2,1-5H3/b30-20-. The van der Waals surface area contributed by atoms with E-state index in [1.165, 1.54) is 49.1 Å². The van der Waals surface area contributed by atoms with E-state index in [0.717, 1.165) is 16.8 Å². The second kappa shape index (κ2) is 12.9. The van der Waals surface area contributed by atoms with Crippen LogP contribution in [0.5, 0.6) is 11.5 Å². The minimum atomic E-state index is -0.864. The van der Waals surface area contributed by atoms with Crippen molar-refractivity contribution in [3.63, 3.8) is 0 Å². The number of hydrogen-bond donors (Lipinski definition) is 0. The zero-order valence-corrected chi connectivity index (χ0v) is 27.3. The predicted molar refractivity (Wildman–Crippen MR) is 177 cm³/mol. The van der Waals surface area contributed by atoms with Crippen molar-refractivity contribution in [2.45, 2.75) is 65.0 Å². The molecule has 0 N–H and O–H groups in total. The number of benzene rings is 2. The summed E-state index contributed by atoms with van der Waals surface area (Å²) in [5, 5.41) is 0. The zero-order chi connectivity index (χ0) is 31.7. The Morgan fingerprint density at radius 1 is 1.00 bits per heavy atom. The van der Waals surface area contributed by atoms with Gasteiger partial charge >= 0.3 is 5.97 Å². The molecule has 2 aliphatic rings. The lowest BCUT2D eigenvalue weighted by atomic mass is 9.92. The quantitative estimate of drug-likeness (QED) is 0.229. The van der Waals surface area contributed by atoms with Crippen LogP contribution >= 0.6 is 11.3 Å². The Kier molecular flexibility index (Phi) is 8.81. The van der Waals surface area contributed by atoms with Gasteiger partial charge in [0.15, 0.2) is 4.80 Å². The Bertz CT molecular complexity index is 1940. The van der Waals surface area contributed by atoms with E-state index in [9.17, 15) is 9.59 Å². The van der Waals surface area contributed by atoms with E-state index < -0.39 is 12.0 Å². The molecule has 1 saturated carbocycles. The lowest BCUT2D eigenvalue weighted by Gasteiger charge is -2.27. The molecule has 2 aromatic heterocycles. The molecule has 0 amide bonds. The molecule has 1 fully saturated rings. The monoisotopic (exact) mass is 625 g/mol. The molecule has 1 aliphatic heterocycles. The molecule has 0 saturated heterocycles. The minimum absolute atomic E-state index is 0.174. The number of carbonyl (C=O) groups excluding carboxylic acids is 1. The maximum atomic E-state index is 14.5. The molecule has 0 spiro atoms. The van der Waals surface area contributed by atoms with Gasteiger partial charge in [-0.15, -0.1) is 0 Å². The van der Waals surface area contributed by atoms with Gasteiger partial charge in [0.1, 0.15) is 17.5 Å². The maximum absolute atomic E-state index is 14.5. The molecule has 6 rings (SSSR count). The number of nitrogens with zero attached hydrogens (tertiary/aromatic N) is 3. The fourth-order valence-corrected chi connectivity index (χ4v) is 7.77. The number of methoxy groups -OCH3 is 2. The van der Waals surface area contributed by atoms with Gasteiger partial charge in [0.25, 0.3) is 5.56 Å². The third-order valence-electron chi connectivity index (χ3n) is 8.86. The third kappa shape index (κ3) is 5.65. The molecule has 234 valence electrons. The van der Waals surface area contributed by atoms with Crippen molar-refractivity contribution in [3.05, 3.63) is 108 Å². The Morgan fingerprint density at radius 2 is 1.76 bits per heavy atom. The smallest absolute Gasteiger partial charge is 0.338 e. The van der Waals surface area contributed by atoms with Crippen LogP contribution in [0.4, 0.5) is 0 Å². The summed E-state index contributed by atoms with van der Waals surface area (Å²) in [6, 6.07) is 16.7. The average molecular weight is 626 g/mol. The van der Waals surface area contributed by atoms with E-state index in [4.69, 9.17) is 19.2 Å². The van der Waals surface area contributed by atoms with Gasteiger partial charge in [0, 0.05) is 28.6 Å². The molecule has 4 aromatic rings. The van der Waals surface area contributed by atoms with E-state index in [1.807, 2.05) is 42.5 Å². The highest BCUT2D eigenvalue weighted by atomic mass is 32.1. The number of thiazole rings is 1. The number of aromatic nitrogens is 2. The number of hydrogen-bond acceptors (Lipinski definition) is 7. The molecule has 3 heterocycles. The van der Waals surface area contributed by atoms with Gasteiger partial charge in [-0.1, -0.05) is 60.9 Å². The van der Waals surface area contributed by atoms with Crippen LogP contribution in [0.2, 0.25) is 0 Å². The van der Waals surface area contributed by atoms with Crippen LogP contribution in [0.15, 0.2) is 70.0 Å². The highest BCUT2D eigenvalue weighted by Gasteiger charge is 2.37. The van der Waals surface area contributed by atoms with Crippen LogP contribution < -0.4 is 24.4 Å². The highest BCUT2D eigenvalue weighted by molar-refractivity contribution is 7.07. The fourth-order valence-electron chi connectivity index (χ4n) is 6.78. The van der Waals surface area contributed by atoms with Crippen molar-refractivity contribution >= 4 is 29.1 Å². The van der Waals surface area contributed by atoms with Crippen LogP contribution in [0.25, 0.3) is 11.8 Å². The summed E-state index contributed by atoms with van der Waals surface area (Å²) in [4.78, 5) is 33.8. The van der Waals surface area contributed by atoms with Crippen molar-refractivity contribution in [1.29, 1.82) is 0 Å². The van der Waals surface area contributed by atoms with Crippen molar-refractivity contribution in [1.82, 2.24) is 9.13 Å². The summed E-state index contributed by atoms with van der Waals surface area (Å²) in [5.74, 6) is 0.548. The summed E-state index contributed by atoms with van der Waals surface area (Å²) in [5.41, 5.74) is 5.24. The SMILES string of the molecule is CCOC(=O)C1=C(c2ccccc2)N=c2s/c(=C\c3cc(C)n(C4CCCCC4)c3C)c(=O)n2C1c1cc(OC)ccc1OC. The van der Waals surface area contributed by atoms with Crippen LogP contribution in [-0.4, -0.2) is 35.9 Å². The maximum Gasteiger partial charge on any atom is 0.338 e. The first kappa shape index (κ1) is 30.6. The van der Waals surface area contributed by atoms with E-state index in [-0.39, 0.29) is 17.7 Å². The van der Waals surface area contributed by atoms with Crippen molar-refractivity contribution in [2.75, 3.05) is 20.8 Å². The Labute approximate surface area is 266 Å². The van der Waals surface area contributed by atoms with E-state index in [1.54, 1.807) is 37.8 Å². The molecule has 1 unspecified atom stereocenters. The summed E-state index contributed by atoms with van der Waals surface area (Å²) >= 11 is 1.32. The number of carbonyl (C=O) groups is 1. The largest absolute Gasteiger partial charge is 0.497 e. The van der Waals surface area contributed by atoms with Gasteiger partial charge in [-0.05, 0) is 69.5 Å². The second-order valence-electron chi connectivity index (χ2n) is 11.5. The van der Waals surface area contributed by atoms with Crippen LogP contribution in [0, 0.1) is 13.8 Å².